The van der Waals surface area contributed by atoms with Crippen molar-refractivity contribution in [2.75, 3.05) is 0 Å². The standard InChI is InChI=1S/C14H14.C13H12.C8H11BO2.C7H7Br.C6H7BO2.C6H5Br/c1-11-8-12(2)10-14(9-11)13-6-4-3-5-7-13;1-11-7-9-13(10-8-11)12-5-3-2-4-6-12;1-6-3-7(2)5-8(4-6)9(10)11;1-6-2-4-7(8)5-3-6;8-7(9)6-4-2-1-3-5-6;7-6-4-2-1-3-5-6/h3-10H,1-2H3;2-10H,1H3;3-5,10-11H,1-2H3;2-5H,1H3;1-5,8-9H;1-5H. The summed E-state index contributed by atoms with van der Waals surface area (Å²) >= 11 is 6.66. The molecule has 0 aromatic heterocycles. The fraction of sp³-hybridized carbons (Fsp3) is 0.111. The second kappa shape index (κ2) is 28.3. The molecule has 0 aliphatic heterocycles. The lowest BCUT2D eigenvalue weighted by molar-refractivity contribution is 0.424. The number of halogens is 2. The van der Waals surface area contributed by atoms with E-state index in [2.05, 4.69) is 163 Å². The Hall–Kier alpha value is -5.31. The molecule has 8 aromatic rings. The van der Waals surface area contributed by atoms with Crippen molar-refractivity contribution < 1.29 is 20.1 Å². The van der Waals surface area contributed by atoms with E-state index < -0.39 is 14.2 Å². The Morgan fingerprint density at radius 3 is 0.919 bits per heavy atom. The minimum atomic E-state index is -1.35. The summed E-state index contributed by atoms with van der Waals surface area (Å²) in [7, 11) is -2.69. The Morgan fingerprint density at radius 2 is 0.581 bits per heavy atom. The van der Waals surface area contributed by atoms with Crippen LogP contribution < -0.4 is 10.9 Å². The zero-order valence-electron chi connectivity index (χ0n) is 36.3. The van der Waals surface area contributed by atoms with Crippen LogP contribution in [0.3, 0.4) is 0 Å². The summed E-state index contributed by atoms with van der Waals surface area (Å²) in [5.41, 5.74) is 13.6. The van der Waals surface area contributed by atoms with Gasteiger partial charge in [0.2, 0.25) is 0 Å². The van der Waals surface area contributed by atoms with Crippen LogP contribution in [0.15, 0.2) is 215 Å². The van der Waals surface area contributed by atoms with E-state index >= 15 is 0 Å². The molecule has 0 radical (unpaired) electrons. The lowest BCUT2D eigenvalue weighted by atomic mass is 9.79. The minimum Gasteiger partial charge on any atom is -0.423 e. The minimum absolute atomic E-state index is 0.525. The van der Waals surface area contributed by atoms with Crippen LogP contribution in [0.1, 0.15) is 33.4 Å². The molecular formula is C54H56B2Br2O4. The van der Waals surface area contributed by atoms with Gasteiger partial charge >= 0.3 is 14.2 Å². The van der Waals surface area contributed by atoms with Gasteiger partial charge in [-0.05, 0) is 99.0 Å². The van der Waals surface area contributed by atoms with E-state index in [9.17, 15) is 0 Å². The van der Waals surface area contributed by atoms with Crippen molar-refractivity contribution in [3.63, 3.8) is 0 Å². The van der Waals surface area contributed by atoms with E-state index in [1.54, 1.807) is 36.4 Å². The van der Waals surface area contributed by atoms with E-state index in [1.807, 2.05) is 80.6 Å². The average Bonchev–Trinajstić information content (AvgIpc) is 3.27. The van der Waals surface area contributed by atoms with Crippen molar-refractivity contribution in [2.24, 2.45) is 0 Å². The van der Waals surface area contributed by atoms with Gasteiger partial charge in [-0.1, -0.05) is 247 Å². The maximum atomic E-state index is 8.83. The van der Waals surface area contributed by atoms with Crippen molar-refractivity contribution in [3.8, 4) is 22.3 Å². The Balaban J connectivity index is 0.000000201. The number of aryl methyl sites for hydroxylation is 6. The first kappa shape index (κ1) is 51.0. The third-order valence-corrected chi connectivity index (χ3v) is 9.93. The first-order chi connectivity index (χ1) is 29.7. The lowest BCUT2D eigenvalue weighted by Gasteiger charge is -2.04. The molecule has 4 N–H and O–H groups in total. The average molecular weight is 950 g/mol. The highest BCUT2D eigenvalue weighted by Crippen LogP contribution is 2.22. The van der Waals surface area contributed by atoms with Crippen LogP contribution >= 0.6 is 31.9 Å². The molecular weight excluding hydrogens is 894 g/mol. The van der Waals surface area contributed by atoms with Crippen LogP contribution in [0.2, 0.25) is 0 Å². The van der Waals surface area contributed by atoms with Crippen LogP contribution in [0.4, 0.5) is 0 Å². The highest BCUT2D eigenvalue weighted by Gasteiger charge is 2.10. The third-order valence-electron chi connectivity index (χ3n) is 8.87. The van der Waals surface area contributed by atoms with Gasteiger partial charge in [-0.25, -0.2) is 0 Å². The van der Waals surface area contributed by atoms with E-state index in [0.29, 0.717) is 10.9 Å². The molecule has 0 bridgehead atoms. The predicted octanol–water partition coefficient (Wildman–Crippen LogP) is 12.2. The SMILES string of the molecule is Brc1ccccc1.Cc1cc(C)cc(-c2ccccc2)c1.Cc1cc(C)cc(B(O)O)c1.Cc1ccc(-c2ccccc2)cc1.Cc1ccc(Br)cc1.OB(O)c1ccccc1. The zero-order valence-corrected chi connectivity index (χ0v) is 39.5. The van der Waals surface area contributed by atoms with Gasteiger partial charge < -0.3 is 20.1 Å². The Morgan fingerprint density at radius 1 is 0.274 bits per heavy atom. The molecule has 0 heterocycles. The van der Waals surface area contributed by atoms with Gasteiger partial charge in [-0.3, -0.25) is 0 Å². The molecule has 0 aliphatic rings. The maximum absolute atomic E-state index is 8.83. The summed E-state index contributed by atoms with van der Waals surface area (Å²) in [6.45, 7) is 12.3. The molecule has 4 nitrogen and oxygen atoms in total. The molecule has 0 saturated carbocycles. The summed E-state index contributed by atoms with van der Waals surface area (Å²) < 4.78 is 2.28. The van der Waals surface area contributed by atoms with Gasteiger partial charge in [0.15, 0.2) is 0 Å². The number of rotatable bonds is 4. The van der Waals surface area contributed by atoms with Crippen LogP contribution in [0, 0.1) is 41.5 Å². The van der Waals surface area contributed by atoms with Gasteiger partial charge in [0.25, 0.3) is 0 Å². The molecule has 316 valence electrons. The first-order valence-electron chi connectivity index (χ1n) is 20.2. The Bertz CT molecular complexity index is 2350. The molecule has 0 spiro atoms. The highest BCUT2D eigenvalue weighted by atomic mass is 79.9. The Kier molecular flexibility index (Phi) is 23.3. The van der Waals surface area contributed by atoms with Crippen LogP contribution in [0.5, 0.6) is 0 Å². The van der Waals surface area contributed by atoms with Crippen molar-refractivity contribution in [1.29, 1.82) is 0 Å². The van der Waals surface area contributed by atoms with Crippen molar-refractivity contribution >= 4 is 57.0 Å². The molecule has 0 atom stereocenters. The van der Waals surface area contributed by atoms with Gasteiger partial charge in [0.05, 0.1) is 0 Å². The molecule has 62 heavy (non-hydrogen) atoms. The number of hydrogen-bond donors (Lipinski definition) is 4. The smallest absolute Gasteiger partial charge is 0.423 e. The Labute approximate surface area is 387 Å². The van der Waals surface area contributed by atoms with Crippen LogP contribution in [-0.4, -0.2) is 34.3 Å². The predicted molar refractivity (Wildman–Crippen MR) is 273 cm³/mol. The lowest BCUT2D eigenvalue weighted by Crippen LogP contribution is -2.30. The number of hydrogen-bond acceptors (Lipinski definition) is 4. The van der Waals surface area contributed by atoms with Gasteiger partial charge in [-0.2, -0.15) is 0 Å². The van der Waals surface area contributed by atoms with Crippen LogP contribution in [-0.2, 0) is 0 Å². The summed E-state index contributed by atoms with van der Waals surface area (Å²) in [6.07, 6.45) is 0. The summed E-state index contributed by atoms with van der Waals surface area (Å²) in [5, 5.41) is 34.8. The monoisotopic (exact) mass is 948 g/mol. The van der Waals surface area contributed by atoms with E-state index in [4.69, 9.17) is 20.1 Å². The van der Waals surface area contributed by atoms with E-state index in [1.165, 1.54) is 44.5 Å². The molecule has 0 amide bonds. The maximum Gasteiger partial charge on any atom is 0.488 e. The number of benzene rings is 8. The molecule has 8 heteroatoms. The molecule has 0 saturated heterocycles. The second-order valence-corrected chi connectivity index (χ2v) is 16.5. The molecule has 0 unspecified atom stereocenters. The third kappa shape index (κ3) is 21.0. The molecule has 0 fully saturated rings. The normalized spacial score (nSPS) is 9.61. The van der Waals surface area contributed by atoms with Gasteiger partial charge in [-0.15, -0.1) is 0 Å². The fourth-order valence-corrected chi connectivity index (χ4v) is 6.45. The summed E-state index contributed by atoms with van der Waals surface area (Å²) in [6, 6.07) is 68.5. The highest BCUT2D eigenvalue weighted by molar-refractivity contribution is 9.10. The van der Waals surface area contributed by atoms with Crippen LogP contribution in [0.25, 0.3) is 22.3 Å². The van der Waals surface area contributed by atoms with Gasteiger partial charge in [0.1, 0.15) is 0 Å². The summed E-state index contributed by atoms with van der Waals surface area (Å²) in [4.78, 5) is 0. The van der Waals surface area contributed by atoms with Crippen molar-refractivity contribution in [3.05, 3.63) is 249 Å². The van der Waals surface area contributed by atoms with Crippen molar-refractivity contribution in [2.45, 2.75) is 41.5 Å². The largest absolute Gasteiger partial charge is 0.488 e. The molecule has 0 aliphatic carbocycles. The first-order valence-corrected chi connectivity index (χ1v) is 21.8. The zero-order chi connectivity index (χ0) is 45.3. The summed E-state index contributed by atoms with van der Waals surface area (Å²) in [5.74, 6) is 0. The second-order valence-electron chi connectivity index (χ2n) is 14.6. The molecule has 8 rings (SSSR count). The molecule has 8 aromatic carbocycles. The van der Waals surface area contributed by atoms with Crippen molar-refractivity contribution in [1.82, 2.24) is 0 Å². The quantitative estimate of drug-likeness (QED) is 0.133. The van der Waals surface area contributed by atoms with E-state index in [-0.39, 0.29) is 0 Å². The topological polar surface area (TPSA) is 80.9 Å². The van der Waals surface area contributed by atoms with Gasteiger partial charge in [0, 0.05) is 8.95 Å². The van der Waals surface area contributed by atoms with E-state index in [0.717, 1.165) is 20.1 Å². The fourth-order valence-electron chi connectivity index (χ4n) is 5.88.